The maximum atomic E-state index is 12.1. The van der Waals surface area contributed by atoms with Crippen molar-refractivity contribution in [2.24, 2.45) is 11.8 Å². The Hall–Kier alpha value is -1.66. The second-order valence-electron chi connectivity index (χ2n) is 6.99. The zero-order valence-electron chi connectivity index (χ0n) is 14.9. The van der Waals surface area contributed by atoms with Gasteiger partial charge in [-0.05, 0) is 37.3 Å². The Kier molecular flexibility index (Phi) is 6.99. The Balaban J connectivity index is 1.77. The van der Waals surface area contributed by atoms with E-state index in [1.165, 1.54) is 0 Å². The van der Waals surface area contributed by atoms with Crippen molar-refractivity contribution in [3.05, 3.63) is 30.1 Å². The van der Waals surface area contributed by atoms with Crippen molar-refractivity contribution in [3.8, 4) is 0 Å². The Morgan fingerprint density at radius 3 is 2.88 bits per heavy atom. The summed E-state index contributed by atoms with van der Waals surface area (Å²) < 4.78 is 0. The van der Waals surface area contributed by atoms with Crippen molar-refractivity contribution in [2.45, 2.75) is 45.8 Å². The van der Waals surface area contributed by atoms with Gasteiger partial charge >= 0.3 is 6.03 Å². The van der Waals surface area contributed by atoms with Crippen LogP contribution in [0.1, 0.15) is 32.9 Å². The van der Waals surface area contributed by atoms with E-state index in [0.717, 1.165) is 31.7 Å². The lowest BCUT2D eigenvalue weighted by Gasteiger charge is -2.37. The smallest absolute Gasteiger partial charge is 0.315 e. The van der Waals surface area contributed by atoms with E-state index in [9.17, 15) is 4.79 Å². The highest BCUT2D eigenvalue weighted by molar-refractivity contribution is 5.74. The molecule has 0 spiro atoms. The van der Waals surface area contributed by atoms with Gasteiger partial charge in [0, 0.05) is 44.5 Å². The molecule has 1 aromatic heterocycles. The molecule has 134 valence electrons. The van der Waals surface area contributed by atoms with Crippen LogP contribution in [0.5, 0.6) is 0 Å². The minimum Gasteiger partial charge on any atom is -0.396 e. The Morgan fingerprint density at radius 2 is 2.25 bits per heavy atom. The number of piperidine rings is 1. The molecule has 4 unspecified atom stereocenters. The van der Waals surface area contributed by atoms with Crippen molar-refractivity contribution in [3.63, 3.8) is 0 Å². The van der Waals surface area contributed by atoms with Gasteiger partial charge in [0.05, 0.1) is 5.69 Å². The van der Waals surface area contributed by atoms with Crippen molar-refractivity contribution < 1.29 is 9.90 Å². The zero-order chi connectivity index (χ0) is 17.5. The third-order valence-electron chi connectivity index (χ3n) is 4.92. The molecular formula is C18H30N4O2. The quantitative estimate of drug-likeness (QED) is 0.739. The van der Waals surface area contributed by atoms with Crippen LogP contribution in [-0.4, -0.2) is 52.8 Å². The van der Waals surface area contributed by atoms with Gasteiger partial charge in [-0.1, -0.05) is 19.9 Å². The average Bonchev–Trinajstić information content (AvgIpc) is 2.57. The number of carbonyl (C=O) groups is 1. The van der Waals surface area contributed by atoms with Crippen LogP contribution < -0.4 is 10.6 Å². The molecule has 0 bridgehead atoms. The number of hydrogen-bond donors (Lipinski definition) is 3. The fourth-order valence-corrected chi connectivity index (χ4v) is 3.03. The predicted molar refractivity (Wildman–Crippen MR) is 94.5 cm³/mol. The first-order chi connectivity index (χ1) is 11.5. The lowest BCUT2D eigenvalue weighted by atomic mass is 9.94. The minimum absolute atomic E-state index is 0.0467. The third-order valence-corrected chi connectivity index (χ3v) is 4.92. The third kappa shape index (κ3) is 5.46. The number of urea groups is 1. The minimum atomic E-state index is -0.141. The Bertz CT molecular complexity index is 511. The summed E-state index contributed by atoms with van der Waals surface area (Å²) in [7, 11) is 0. The molecule has 2 rings (SSSR count). The van der Waals surface area contributed by atoms with Crippen LogP contribution >= 0.6 is 0 Å². The van der Waals surface area contributed by atoms with Crippen molar-refractivity contribution in [2.75, 3.05) is 19.7 Å². The van der Waals surface area contributed by atoms with E-state index in [1.54, 1.807) is 0 Å². The number of aromatic nitrogens is 1. The lowest BCUT2D eigenvalue weighted by Crippen LogP contribution is -2.54. The summed E-state index contributed by atoms with van der Waals surface area (Å²) in [6, 6.07) is 5.99. The molecule has 0 aromatic carbocycles. The Morgan fingerprint density at radius 1 is 1.46 bits per heavy atom. The normalized spacial score (nSPS) is 24.2. The molecule has 6 nitrogen and oxygen atoms in total. The fraction of sp³-hybridized carbons (Fsp3) is 0.667. The van der Waals surface area contributed by atoms with Gasteiger partial charge in [0.1, 0.15) is 0 Å². The van der Waals surface area contributed by atoms with Gasteiger partial charge < -0.3 is 15.7 Å². The molecule has 4 atom stereocenters. The first-order valence-corrected chi connectivity index (χ1v) is 8.79. The summed E-state index contributed by atoms with van der Waals surface area (Å²) >= 11 is 0. The number of amides is 2. The van der Waals surface area contributed by atoms with Crippen LogP contribution in [0.3, 0.4) is 0 Å². The molecule has 1 aliphatic rings. The summed E-state index contributed by atoms with van der Waals surface area (Å²) in [5.41, 5.74) is 1.08. The molecule has 0 aliphatic carbocycles. The SMILES string of the molecule is CC(CO)C(C)NC(=O)NC1CCN(Cc2ccccn2)CC1C. The maximum Gasteiger partial charge on any atom is 0.315 e. The van der Waals surface area contributed by atoms with Crippen LogP contribution in [-0.2, 0) is 6.54 Å². The van der Waals surface area contributed by atoms with E-state index in [0.29, 0.717) is 5.92 Å². The van der Waals surface area contributed by atoms with E-state index in [-0.39, 0.29) is 30.6 Å². The van der Waals surface area contributed by atoms with Gasteiger partial charge in [-0.2, -0.15) is 0 Å². The van der Waals surface area contributed by atoms with E-state index >= 15 is 0 Å². The lowest BCUT2D eigenvalue weighted by molar-refractivity contribution is 0.139. The first-order valence-electron chi connectivity index (χ1n) is 8.79. The number of likely N-dealkylation sites (tertiary alicyclic amines) is 1. The van der Waals surface area contributed by atoms with E-state index in [1.807, 2.05) is 38.2 Å². The summed E-state index contributed by atoms with van der Waals surface area (Å²) in [5.74, 6) is 0.437. The molecule has 1 aliphatic heterocycles. The second-order valence-corrected chi connectivity index (χ2v) is 6.99. The van der Waals surface area contributed by atoms with Crippen LogP contribution in [0.25, 0.3) is 0 Å². The number of carbonyl (C=O) groups excluding carboxylic acids is 1. The number of hydrogen-bond acceptors (Lipinski definition) is 4. The molecule has 24 heavy (non-hydrogen) atoms. The number of pyridine rings is 1. The van der Waals surface area contributed by atoms with Crippen LogP contribution in [0.2, 0.25) is 0 Å². The molecular weight excluding hydrogens is 304 g/mol. The van der Waals surface area contributed by atoms with E-state index in [4.69, 9.17) is 5.11 Å². The summed E-state index contributed by atoms with van der Waals surface area (Å²) in [6.07, 6.45) is 2.76. The molecule has 3 N–H and O–H groups in total. The highest BCUT2D eigenvalue weighted by Gasteiger charge is 2.28. The molecule has 1 fully saturated rings. The van der Waals surface area contributed by atoms with Gasteiger partial charge in [0.2, 0.25) is 0 Å². The van der Waals surface area contributed by atoms with Gasteiger partial charge in [0.25, 0.3) is 0 Å². The van der Waals surface area contributed by atoms with Crippen molar-refractivity contribution in [1.82, 2.24) is 20.5 Å². The van der Waals surface area contributed by atoms with Crippen LogP contribution in [0.4, 0.5) is 4.79 Å². The number of nitrogens with one attached hydrogen (secondary N) is 2. The van der Waals surface area contributed by atoms with Crippen LogP contribution in [0.15, 0.2) is 24.4 Å². The van der Waals surface area contributed by atoms with E-state index in [2.05, 4.69) is 27.4 Å². The van der Waals surface area contributed by atoms with Gasteiger partial charge in [-0.15, -0.1) is 0 Å². The van der Waals surface area contributed by atoms with Crippen molar-refractivity contribution in [1.29, 1.82) is 0 Å². The molecule has 0 saturated carbocycles. The molecule has 1 saturated heterocycles. The molecule has 6 heteroatoms. The number of aliphatic hydroxyl groups is 1. The average molecular weight is 334 g/mol. The summed E-state index contributed by atoms with van der Waals surface area (Å²) in [6.45, 7) is 8.84. The Labute approximate surface area is 144 Å². The summed E-state index contributed by atoms with van der Waals surface area (Å²) in [4.78, 5) is 18.9. The molecule has 0 radical (unpaired) electrons. The maximum absolute atomic E-state index is 12.1. The van der Waals surface area contributed by atoms with E-state index < -0.39 is 0 Å². The highest BCUT2D eigenvalue weighted by Crippen LogP contribution is 2.18. The van der Waals surface area contributed by atoms with Gasteiger partial charge in [-0.25, -0.2) is 4.79 Å². The molecule has 1 aromatic rings. The first kappa shape index (κ1) is 18.7. The second kappa shape index (κ2) is 8.99. The topological polar surface area (TPSA) is 77.5 Å². The number of nitrogens with zero attached hydrogens (tertiary/aromatic N) is 2. The predicted octanol–water partition coefficient (Wildman–Crippen LogP) is 1.61. The van der Waals surface area contributed by atoms with Gasteiger partial charge in [-0.3, -0.25) is 9.88 Å². The molecule has 2 amide bonds. The van der Waals surface area contributed by atoms with Gasteiger partial charge in [0.15, 0.2) is 0 Å². The van der Waals surface area contributed by atoms with Crippen LogP contribution in [0, 0.1) is 11.8 Å². The monoisotopic (exact) mass is 334 g/mol. The van der Waals surface area contributed by atoms with Crippen molar-refractivity contribution >= 4 is 6.03 Å². The zero-order valence-corrected chi connectivity index (χ0v) is 14.9. The standard InChI is InChI=1S/C18H30N4O2/c1-13-10-22(11-16-6-4-5-8-19-16)9-7-17(13)21-18(24)20-15(3)14(2)12-23/h4-6,8,13-15,17,23H,7,9-12H2,1-3H3,(H2,20,21,24). The summed E-state index contributed by atoms with van der Waals surface area (Å²) in [5, 5.41) is 15.2. The number of aliphatic hydroxyl groups excluding tert-OH is 1. The largest absolute Gasteiger partial charge is 0.396 e. The number of rotatable bonds is 6. The fourth-order valence-electron chi connectivity index (χ4n) is 3.03. The highest BCUT2D eigenvalue weighted by atomic mass is 16.3. The molecule has 2 heterocycles.